The molecule has 4 rings (SSSR count). The molecule has 2 amide bonds. The van der Waals surface area contributed by atoms with E-state index in [0.29, 0.717) is 30.4 Å². The third kappa shape index (κ3) is 4.57. The van der Waals surface area contributed by atoms with Gasteiger partial charge < -0.3 is 9.80 Å². The molecule has 0 N–H and O–H groups in total. The predicted molar refractivity (Wildman–Crippen MR) is 123 cm³/mol. The first-order valence-corrected chi connectivity index (χ1v) is 11.8. The Kier molecular flexibility index (Phi) is 6.63. The number of nitrogens with zero attached hydrogens (tertiary/aromatic N) is 2. The number of hydrogen-bond donors (Lipinski definition) is 0. The summed E-state index contributed by atoms with van der Waals surface area (Å²) in [6, 6.07) is 13.6. The fourth-order valence-electron chi connectivity index (χ4n) is 5.25. The van der Waals surface area contributed by atoms with Crippen LogP contribution in [0.2, 0.25) is 0 Å². The molecule has 2 fully saturated rings. The number of hydrogen-bond acceptors (Lipinski definition) is 2. The van der Waals surface area contributed by atoms with Gasteiger partial charge in [0.05, 0.1) is 0 Å². The monoisotopic (exact) mass is 436 g/mol. The molecule has 4 atom stereocenters. The van der Waals surface area contributed by atoms with E-state index in [1.807, 2.05) is 11.8 Å². The van der Waals surface area contributed by atoms with Crippen LogP contribution >= 0.6 is 0 Å². The maximum absolute atomic E-state index is 13.8. The molecule has 1 aliphatic heterocycles. The van der Waals surface area contributed by atoms with Crippen molar-refractivity contribution in [1.29, 1.82) is 0 Å². The minimum Gasteiger partial charge on any atom is -0.328 e. The molecule has 1 saturated carbocycles. The molecule has 32 heavy (non-hydrogen) atoms. The van der Waals surface area contributed by atoms with Crippen LogP contribution in [0.15, 0.2) is 48.5 Å². The highest BCUT2D eigenvalue weighted by atomic mass is 19.1. The minimum atomic E-state index is -0.702. The summed E-state index contributed by atoms with van der Waals surface area (Å²) in [6.07, 6.45) is 3.85. The fourth-order valence-corrected chi connectivity index (χ4v) is 5.25. The highest BCUT2D eigenvalue weighted by molar-refractivity contribution is 5.95. The maximum atomic E-state index is 13.8. The second kappa shape index (κ2) is 9.43. The molecule has 2 aromatic carbocycles. The van der Waals surface area contributed by atoms with E-state index >= 15 is 0 Å². The van der Waals surface area contributed by atoms with Crippen molar-refractivity contribution in [2.45, 2.75) is 58.5 Å². The topological polar surface area (TPSA) is 40.6 Å². The molecule has 0 radical (unpaired) electrons. The smallest absolute Gasteiger partial charge is 0.250 e. The quantitative estimate of drug-likeness (QED) is 0.668. The average Bonchev–Trinajstić information content (AvgIpc) is 2.78. The van der Waals surface area contributed by atoms with E-state index in [0.717, 1.165) is 24.8 Å². The molecule has 0 spiro atoms. The molecule has 170 valence electrons. The van der Waals surface area contributed by atoms with Gasteiger partial charge in [0, 0.05) is 12.6 Å². The maximum Gasteiger partial charge on any atom is 0.250 e. The van der Waals surface area contributed by atoms with Gasteiger partial charge in [0.1, 0.15) is 18.4 Å². The van der Waals surface area contributed by atoms with Crippen LogP contribution in [0, 0.1) is 24.6 Å². The van der Waals surface area contributed by atoms with Crippen LogP contribution in [0.4, 0.5) is 4.39 Å². The molecule has 0 bridgehead atoms. The molecular weight excluding hydrogens is 403 g/mol. The highest BCUT2D eigenvalue weighted by Crippen LogP contribution is 2.37. The van der Waals surface area contributed by atoms with Crippen LogP contribution < -0.4 is 0 Å². The van der Waals surface area contributed by atoms with Crippen LogP contribution in [-0.4, -0.2) is 40.7 Å². The van der Waals surface area contributed by atoms with Crippen molar-refractivity contribution in [2.75, 3.05) is 13.1 Å². The van der Waals surface area contributed by atoms with E-state index in [1.54, 1.807) is 17.0 Å². The summed E-state index contributed by atoms with van der Waals surface area (Å²) in [4.78, 5) is 30.7. The van der Waals surface area contributed by atoms with E-state index in [1.165, 1.54) is 17.7 Å². The van der Waals surface area contributed by atoms with E-state index in [2.05, 4.69) is 38.1 Å². The lowest BCUT2D eigenvalue weighted by Crippen LogP contribution is -2.60. The number of halogens is 1. The first kappa shape index (κ1) is 22.5. The normalized spacial score (nSPS) is 26.5. The van der Waals surface area contributed by atoms with Gasteiger partial charge in [0.2, 0.25) is 5.91 Å². The zero-order valence-electron chi connectivity index (χ0n) is 19.3. The van der Waals surface area contributed by atoms with Gasteiger partial charge in [-0.1, -0.05) is 68.7 Å². The molecule has 1 saturated heterocycles. The summed E-state index contributed by atoms with van der Waals surface area (Å²) in [5, 5.41) is 0. The number of amides is 2. The lowest BCUT2D eigenvalue weighted by atomic mass is 9.77. The summed E-state index contributed by atoms with van der Waals surface area (Å²) < 4.78 is 13.6. The largest absolute Gasteiger partial charge is 0.328 e. The van der Waals surface area contributed by atoms with Gasteiger partial charge in [-0.05, 0) is 54.9 Å². The Morgan fingerprint density at radius 3 is 2.34 bits per heavy atom. The van der Waals surface area contributed by atoms with Crippen LogP contribution in [0.1, 0.15) is 55.8 Å². The van der Waals surface area contributed by atoms with Crippen LogP contribution in [0.5, 0.6) is 0 Å². The highest BCUT2D eigenvalue weighted by Gasteiger charge is 2.44. The Balaban J connectivity index is 1.62. The molecule has 5 heteroatoms. The molecule has 1 aliphatic carbocycles. The number of piperazine rings is 1. The SMILES string of the molecule is Cc1ccc(CCN2C(=O)CN(C3CCCC(C)C3C)C(=O)C2c2ccc(F)cc2)cc1. The van der Waals surface area contributed by atoms with Crippen molar-refractivity contribution in [3.05, 3.63) is 71.0 Å². The van der Waals surface area contributed by atoms with Gasteiger partial charge in [-0.2, -0.15) is 0 Å². The number of carbonyl (C=O) groups excluding carboxylic acids is 2. The minimum absolute atomic E-state index is 0.0311. The first-order chi connectivity index (χ1) is 15.3. The third-order valence-electron chi connectivity index (χ3n) is 7.47. The van der Waals surface area contributed by atoms with E-state index in [9.17, 15) is 14.0 Å². The van der Waals surface area contributed by atoms with Crippen LogP contribution in [-0.2, 0) is 16.0 Å². The lowest BCUT2D eigenvalue weighted by molar-refractivity contribution is -0.160. The number of rotatable bonds is 5. The number of benzene rings is 2. The Bertz CT molecular complexity index is 957. The van der Waals surface area contributed by atoms with Gasteiger partial charge >= 0.3 is 0 Å². The number of carbonyl (C=O) groups is 2. The Morgan fingerprint density at radius 2 is 1.66 bits per heavy atom. The summed E-state index contributed by atoms with van der Waals surface area (Å²) in [6.45, 7) is 7.07. The third-order valence-corrected chi connectivity index (χ3v) is 7.47. The fraction of sp³-hybridized carbons (Fsp3) is 0.481. The molecule has 2 aromatic rings. The zero-order chi connectivity index (χ0) is 22.8. The molecular formula is C27H33FN2O2. The van der Waals surface area contributed by atoms with Gasteiger partial charge in [0.15, 0.2) is 0 Å². The summed E-state index contributed by atoms with van der Waals surface area (Å²) in [5.41, 5.74) is 2.99. The molecule has 4 nitrogen and oxygen atoms in total. The lowest BCUT2D eigenvalue weighted by Gasteiger charge is -2.47. The zero-order valence-corrected chi connectivity index (χ0v) is 19.3. The summed E-state index contributed by atoms with van der Waals surface area (Å²) in [5.74, 6) is 0.470. The van der Waals surface area contributed by atoms with E-state index in [-0.39, 0.29) is 30.2 Å². The second-order valence-electron chi connectivity index (χ2n) is 9.58. The summed E-state index contributed by atoms with van der Waals surface area (Å²) >= 11 is 0. The summed E-state index contributed by atoms with van der Waals surface area (Å²) in [7, 11) is 0. The van der Waals surface area contributed by atoms with Crippen molar-refractivity contribution in [2.24, 2.45) is 11.8 Å². The van der Waals surface area contributed by atoms with Crippen molar-refractivity contribution in [1.82, 2.24) is 9.80 Å². The van der Waals surface area contributed by atoms with Gasteiger partial charge in [-0.15, -0.1) is 0 Å². The molecule has 2 aliphatic rings. The van der Waals surface area contributed by atoms with Crippen molar-refractivity contribution < 1.29 is 14.0 Å². The van der Waals surface area contributed by atoms with E-state index in [4.69, 9.17) is 0 Å². The molecule has 4 unspecified atom stereocenters. The first-order valence-electron chi connectivity index (χ1n) is 11.8. The predicted octanol–water partition coefficient (Wildman–Crippen LogP) is 4.91. The Morgan fingerprint density at radius 1 is 0.969 bits per heavy atom. The van der Waals surface area contributed by atoms with Gasteiger partial charge in [-0.3, -0.25) is 9.59 Å². The average molecular weight is 437 g/mol. The van der Waals surface area contributed by atoms with Gasteiger partial charge in [-0.25, -0.2) is 4.39 Å². The van der Waals surface area contributed by atoms with Crippen molar-refractivity contribution >= 4 is 11.8 Å². The van der Waals surface area contributed by atoms with Crippen molar-refractivity contribution in [3.8, 4) is 0 Å². The Hall–Kier alpha value is -2.69. The molecule has 1 heterocycles. The second-order valence-corrected chi connectivity index (χ2v) is 9.58. The van der Waals surface area contributed by atoms with Crippen LogP contribution in [0.3, 0.4) is 0 Å². The van der Waals surface area contributed by atoms with Crippen LogP contribution in [0.25, 0.3) is 0 Å². The standard InChI is InChI=1S/C27H33FN2O2/c1-18-7-9-21(10-8-18)15-16-29-25(31)17-30(24-6-4-5-19(2)20(24)3)27(32)26(29)22-11-13-23(28)14-12-22/h7-14,19-20,24,26H,4-6,15-17H2,1-3H3. The Labute approximate surface area is 190 Å². The van der Waals surface area contributed by atoms with E-state index < -0.39 is 6.04 Å². The molecule has 0 aromatic heterocycles. The van der Waals surface area contributed by atoms with Crippen molar-refractivity contribution in [3.63, 3.8) is 0 Å². The van der Waals surface area contributed by atoms with Gasteiger partial charge in [0.25, 0.3) is 5.91 Å². The number of aryl methyl sites for hydroxylation is 1.